The Hall–Kier alpha value is -2.47. The molecule has 0 saturated carbocycles. The Morgan fingerprint density at radius 2 is 1.65 bits per heavy atom. The van der Waals surface area contributed by atoms with E-state index in [1.165, 1.54) is 18.9 Å². The van der Waals surface area contributed by atoms with Gasteiger partial charge in [-0.25, -0.2) is 4.79 Å². The molecule has 1 amide bonds. The third kappa shape index (κ3) is 5.03. The molecule has 6 heteroatoms. The van der Waals surface area contributed by atoms with Gasteiger partial charge in [0.05, 0.1) is 25.5 Å². The third-order valence-electron chi connectivity index (χ3n) is 3.02. The van der Waals surface area contributed by atoms with Crippen molar-refractivity contribution < 1.29 is 19.1 Å². The second kappa shape index (κ2) is 8.24. The van der Waals surface area contributed by atoms with Crippen molar-refractivity contribution in [2.24, 2.45) is 0 Å². The van der Waals surface area contributed by atoms with Crippen molar-refractivity contribution in [1.82, 2.24) is 0 Å². The van der Waals surface area contributed by atoms with Crippen LogP contribution in [0.2, 0.25) is 0 Å². The van der Waals surface area contributed by atoms with Crippen molar-refractivity contribution in [2.75, 3.05) is 25.3 Å². The number of esters is 1. The summed E-state index contributed by atoms with van der Waals surface area (Å²) in [5.41, 5.74) is 1.08. The number of nitrogens with one attached hydrogen (secondary N) is 1. The van der Waals surface area contributed by atoms with Crippen LogP contribution in [0.15, 0.2) is 53.4 Å². The predicted molar refractivity (Wildman–Crippen MR) is 90.1 cm³/mol. The number of hydrogen-bond acceptors (Lipinski definition) is 5. The van der Waals surface area contributed by atoms with Gasteiger partial charge in [-0.1, -0.05) is 0 Å². The molecule has 2 aromatic carbocycles. The molecule has 0 bridgehead atoms. The van der Waals surface area contributed by atoms with Gasteiger partial charge in [-0.15, -0.1) is 11.8 Å². The maximum Gasteiger partial charge on any atom is 0.337 e. The first-order chi connectivity index (χ1) is 11.1. The Morgan fingerprint density at radius 1 is 1.00 bits per heavy atom. The molecule has 5 nitrogen and oxygen atoms in total. The molecule has 2 aromatic rings. The fraction of sp³-hybridized carbons (Fsp3) is 0.176. The summed E-state index contributed by atoms with van der Waals surface area (Å²) in [4.78, 5) is 24.3. The van der Waals surface area contributed by atoms with Crippen molar-refractivity contribution in [3.8, 4) is 5.75 Å². The molecule has 0 spiro atoms. The lowest BCUT2D eigenvalue weighted by Gasteiger charge is -2.06. The quantitative estimate of drug-likeness (QED) is 0.650. The average Bonchev–Trinajstić information content (AvgIpc) is 2.60. The standard InChI is InChI=1S/C17H17NO4S/c1-21-14-7-9-15(10-8-14)23-11-16(19)18-13-5-3-12(4-6-13)17(20)22-2/h3-10H,11H2,1-2H3,(H,18,19). The highest BCUT2D eigenvalue weighted by Gasteiger charge is 2.07. The summed E-state index contributed by atoms with van der Waals surface area (Å²) in [5, 5.41) is 2.78. The van der Waals surface area contributed by atoms with E-state index >= 15 is 0 Å². The van der Waals surface area contributed by atoms with Gasteiger partial charge >= 0.3 is 5.97 Å². The van der Waals surface area contributed by atoms with Crippen LogP contribution in [-0.2, 0) is 9.53 Å². The molecule has 0 saturated heterocycles. The van der Waals surface area contributed by atoms with Crippen molar-refractivity contribution in [2.45, 2.75) is 4.90 Å². The molecule has 2 rings (SSSR count). The van der Waals surface area contributed by atoms with Crippen LogP contribution in [-0.4, -0.2) is 31.8 Å². The topological polar surface area (TPSA) is 64.6 Å². The Balaban J connectivity index is 1.85. The van der Waals surface area contributed by atoms with Crippen LogP contribution in [0.1, 0.15) is 10.4 Å². The molecule has 0 aliphatic carbocycles. The summed E-state index contributed by atoms with van der Waals surface area (Å²) < 4.78 is 9.71. The summed E-state index contributed by atoms with van der Waals surface area (Å²) >= 11 is 1.44. The lowest BCUT2D eigenvalue weighted by atomic mass is 10.2. The van der Waals surface area contributed by atoms with Gasteiger partial charge in [-0.05, 0) is 48.5 Å². The van der Waals surface area contributed by atoms with Gasteiger partial charge in [0.1, 0.15) is 5.75 Å². The number of methoxy groups -OCH3 is 2. The Labute approximate surface area is 139 Å². The molecule has 1 N–H and O–H groups in total. The van der Waals surface area contributed by atoms with Gasteiger partial charge in [0.15, 0.2) is 0 Å². The normalized spacial score (nSPS) is 10.0. The van der Waals surface area contributed by atoms with Crippen molar-refractivity contribution in [3.05, 3.63) is 54.1 Å². The van der Waals surface area contributed by atoms with Crippen molar-refractivity contribution >= 4 is 29.3 Å². The zero-order chi connectivity index (χ0) is 16.7. The van der Waals surface area contributed by atoms with E-state index in [9.17, 15) is 9.59 Å². The predicted octanol–water partition coefficient (Wildman–Crippen LogP) is 3.21. The average molecular weight is 331 g/mol. The minimum atomic E-state index is -0.405. The zero-order valence-corrected chi connectivity index (χ0v) is 13.7. The highest BCUT2D eigenvalue weighted by atomic mass is 32.2. The first-order valence-corrected chi connectivity index (χ1v) is 7.86. The Bertz CT molecular complexity index is 668. The van der Waals surface area contributed by atoms with Crippen LogP contribution in [0.25, 0.3) is 0 Å². The van der Waals surface area contributed by atoms with E-state index in [4.69, 9.17) is 4.74 Å². The van der Waals surface area contributed by atoms with Gasteiger partial charge in [0.25, 0.3) is 0 Å². The van der Waals surface area contributed by atoms with Gasteiger partial charge in [-0.3, -0.25) is 4.79 Å². The second-order valence-electron chi connectivity index (χ2n) is 4.58. The van der Waals surface area contributed by atoms with Gasteiger partial charge in [0, 0.05) is 10.6 Å². The zero-order valence-electron chi connectivity index (χ0n) is 12.9. The highest BCUT2D eigenvalue weighted by Crippen LogP contribution is 2.21. The molecule has 0 aromatic heterocycles. The lowest BCUT2D eigenvalue weighted by molar-refractivity contribution is -0.113. The Morgan fingerprint density at radius 3 is 2.22 bits per heavy atom. The van der Waals surface area contributed by atoms with Crippen LogP contribution in [0.4, 0.5) is 5.69 Å². The van der Waals surface area contributed by atoms with Crippen molar-refractivity contribution in [3.63, 3.8) is 0 Å². The smallest absolute Gasteiger partial charge is 0.337 e. The number of thioether (sulfide) groups is 1. The number of carbonyl (C=O) groups excluding carboxylic acids is 2. The van der Waals surface area contributed by atoms with Crippen LogP contribution in [0.3, 0.4) is 0 Å². The van der Waals surface area contributed by atoms with Gasteiger partial charge < -0.3 is 14.8 Å². The fourth-order valence-electron chi connectivity index (χ4n) is 1.83. The first-order valence-electron chi connectivity index (χ1n) is 6.87. The molecule has 23 heavy (non-hydrogen) atoms. The SMILES string of the molecule is COC(=O)c1ccc(NC(=O)CSc2ccc(OC)cc2)cc1. The number of hydrogen-bond donors (Lipinski definition) is 1. The van der Waals surface area contributed by atoms with Crippen LogP contribution in [0.5, 0.6) is 5.75 Å². The molecular formula is C17H17NO4S. The molecular weight excluding hydrogens is 314 g/mol. The minimum Gasteiger partial charge on any atom is -0.497 e. The third-order valence-corrected chi connectivity index (χ3v) is 4.03. The van der Waals surface area contributed by atoms with E-state index < -0.39 is 5.97 Å². The maximum absolute atomic E-state index is 11.9. The fourth-order valence-corrected chi connectivity index (χ4v) is 2.52. The van der Waals surface area contributed by atoms with Crippen LogP contribution >= 0.6 is 11.8 Å². The Kier molecular flexibility index (Phi) is 6.05. The highest BCUT2D eigenvalue weighted by molar-refractivity contribution is 8.00. The summed E-state index contributed by atoms with van der Waals surface area (Å²) in [6.45, 7) is 0. The number of anilines is 1. The number of ether oxygens (including phenoxy) is 2. The monoisotopic (exact) mass is 331 g/mol. The molecule has 0 atom stereocenters. The number of carbonyl (C=O) groups is 2. The van der Waals surface area contributed by atoms with E-state index in [-0.39, 0.29) is 5.91 Å². The summed E-state index contributed by atoms with van der Waals surface area (Å²) in [7, 11) is 2.94. The molecule has 0 heterocycles. The number of benzene rings is 2. The number of rotatable bonds is 6. The minimum absolute atomic E-state index is 0.114. The molecule has 0 aliphatic rings. The lowest BCUT2D eigenvalue weighted by Crippen LogP contribution is -2.14. The van der Waals surface area contributed by atoms with E-state index in [2.05, 4.69) is 10.1 Å². The molecule has 120 valence electrons. The van der Waals surface area contributed by atoms with Crippen LogP contribution in [0, 0.1) is 0 Å². The van der Waals surface area contributed by atoms with Gasteiger partial charge in [-0.2, -0.15) is 0 Å². The molecule has 0 fully saturated rings. The molecule has 0 unspecified atom stereocenters. The molecule has 0 radical (unpaired) electrons. The second-order valence-corrected chi connectivity index (χ2v) is 5.63. The summed E-state index contributed by atoms with van der Waals surface area (Å²) in [6, 6.07) is 14.1. The van der Waals surface area contributed by atoms with Crippen molar-refractivity contribution in [1.29, 1.82) is 0 Å². The van der Waals surface area contributed by atoms with E-state index in [0.717, 1.165) is 10.6 Å². The number of amides is 1. The molecule has 0 aliphatic heterocycles. The van der Waals surface area contributed by atoms with E-state index in [1.54, 1.807) is 31.4 Å². The summed E-state index contributed by atoms with van der Waals surface area (Å²) in [6.07, 6.45) is 0. The van der Waals surface area contributed by atoms with E-state index in [1.807, 2.05) is 24.3 Å². The largest absolute Gasteiger partial charge is 0.497 e. The van der Waals surface area contributed by atoms with Gasteiger partial charge in [0.2, 0.25) is 5.91 Å². The first kappa shape index (κ1) is 16.9. The maximum atomic E-state index is 11.9. The van der Waals surface area contributed by atoms with Crippen LogP contribution < -0.4 is 10.1 Å². The van der Waals surface area contributed by atoms with E-state index in [0.29, 0.717) is 17.0 Å². The summed E-state index contributed by atoms with van der Waals surface area (Å²) in [5.74, 6) is 0.560.